The molecule has 5 saturated carbocycles. The molecule has 0 heterocycles. The summed E-state index contributed by atoms with van der Waals surface area (Å²) in [6.07, 6.45) is 18.1. The summed E-state index contributed by atoms with van der Waals surface area (Å²) in [4.78, 5) is 0. The van der Waals surface area contributed by atoms with Crippen LogP contribution in [0.15, 0.2) is 60.7 Å². The van der Waals surface area contributed by atoms with E-state index in [1.807, 2.05) is 0 Å². The zero-order valence-corrected chi connectivity index (χ0v) is 20.4. The lowest BCUT2D eigenvalue weighted by Gasteiger charge is -2.50. The van der Waals surface area contributed by atoms with Gasteiger partial charge in [0.15, 0.2) is 0 Å². The largest absolute Gasteiger partial charge is 0.0622 e. The molecule has 0 spiro atoms. The third kappa shape index (κ3) is 3.15. The molecule has 5 fully saturated rings. The van der Waals surface area contributed by atoms with Crippen molar-refractivity contribution in [3.63, 3.8) is 0 Å². The number of hydrogen-bond donors (Lipinski definition) is 0. The van der Waals surface area contributed by atoms with E-state index < -0.39 is 0 Å². The quantitative estimate of drug-likeness (QED) is 0.440. The minimum atomic E-state index is 0.239. The molecule has 0 aromatic heterocycles. The first kappa shape index (κ1) is 20.8. The Bertz CT molecular complexity index is 865. The molecule has 174 valence electrons. The fourth-order valence-corrected chi connectivity index (χ4v) is 10.6. The van der Waals surface area contributed by atoms with E-state index >= 15 is 0 Å². The third-order valence-electron chi connectivity index (χ3n) is 11.7. The Morgan fingerprint density at radius 1 is 0.455 bits per heavy atom. The monoisotopic (exact) mass is 438 g/mol. The second kappa shape index (κ2) is 8.28. The van der Waals surface area contributed by atoms with E-state index in [0.29, 0.717) is 0 Å². The van der Waals surface area contributed by atoms with Gasteiger partial charge in [0.25, 0.3) is 0 Å². The van der Waals surface area contributed by atoms with Gasteiger partial charge in [-0.2, -0.15) is 0 Å². The van der Waals surface area contributed by atoms with Crippen molar-refractivity contribution in [3.8, 4) is 0 Å². The van der Waals surface area contributed by atoms with Crippen molar-refractivity contribution < 1.29 is 0 Å². The Morgan fingerprint density at radius 3 is 1.21 bits per heavy atom. The lowest BCUT2D eigenvalue weighted by Crippen LogP contribution is -2.45. The molecule has 2 aromatic rings. The highest BCUT2D eigenvalue weighted by Crippen LogP contribution is 2.70. The first-order chi connectivity index (χ1) is 16.4. The first-order valence-corrected chi connectivity index (χ1v) is 14.5. The van der Waals surface area contributed by atoms with Crippen LogP contribution in [0.5, 0.6) is 0 Å². The number of hydrogen-bond acceptors (Lipinski definition) is 0. The summed E-state index contributed by atoms with van der Waals surface area (Å²) in [6, 6.07) is 23.9. The summed E-state index contributed by atoms with van der Waals surface area (Å²) >= 11 is 0. The van der Waals surface area contributed by atoms with Crippen molar-refractivity contribution in [2.45, 2.75) is 82.5 Å². The number of fused-ring (bicyclic) bond motifs is 5. The van der Waals surface area contributed by atoms with Crippen molar-refractivity contribution in [1.29, 1.82) is 0 Å². The van der Waals surface area contributed by atoms with E-state index in [0.717, 1.165) is 47.3 Å². The Morgan fingerprint density at radius 2 is 0.818 bits per heavy atom. The molecule has 0 radical (unpaired) electrons. The van der Waals surface area contributed by atoms with Gasteiger partial charge in [-0.05, 0) is 84.2 Å². The molecule has 5 aliphatic rings. The van der Waals surface area contributed by atoms with Crippen molar-refractivity contribution in [2.24, 2.45) is 47.3 Å². The first-order valence-electron chi connectivity index (χ1n) is 14.5. The molecule has 0 N–H and O–H groups in total. The molecule has 2 aromatic carbocycles. The van der Waals surface area contributed by atoms with Gasteiger partial charge >= 0.3 is 0 Å². The predicted molar refractivity (Wildman–Crippen MR) is 137 cm³/mol. The molecule has 8 atom stereocenters. The van der Waals surface area contributed by atoms with Crippen LogP contribution in [0.25, 0.3) is 0 Å². The Kier molecular flexibility index (Phi) is 5.22. The summed E-state index contributed by atoms with van der Waals surface area (Å²) in [7, 11) is 0. The highest BCUT2D eigenvalue weighted by molar-refractivity contribution is 5.45. The van der Waals surface area contributed by atoms with E-state index in [4.69, 9.17) is 0 Å². The van der Waals surface area contributed by atoms with Crippen LogP contribution in [0.1, 0.15) is 88.2 Å². The maximum atomic E-state index is 2.52. The van der Waals surface area contributed by atoms with Gasteiger partial charge in [0.2, 0.25) is 0 Å². The van der Waals surface area contributed by atoms with Crippen LogP contribution in [0.4, 0.5) is 0 Å². The van der Waals surface area contributed by atoms with Crippen LogP contribution >= 0.6 is 0 Å². The Hall–Kier alpha value is -1.56. The highest BCUT2D eigenvalue weighted by atomic mass is 14.7. The number of rotatable bonds is 2. The smallest absolute Gasteiger partial charge is 0.0264 e. The van der Waals surface area contributed by atoms with Crippen molar-refractivity contribution in [2.75, 3.05) is 0 Å². The van der Waals surface area contributed by atoms with E-state index in [1.165, 1.54) is 64.2 Å². The van der Waals surface area contributed by atoms with Crippen LogP contribution < -0.4 is 0 Å². The zero-order valence-electron chi connectivity index (χ0n) is 20.4. The van der Waals surface area contributed by atoms with Gasteiger partial charge in [-0.3, -0.25) is 0 Å². The molecule has 7 rings (SSSR count). The lowest BCUT2D eigenvalue weighted by atomic mass is 9.54. The van der Waals surface area contributed by atoms with E-state index in [2.05, 4.69) is 60.7 Å². The number of benzene rings is 2. The van der Waals surface area contributed by atoms with Crippen LogP contribution in [-0.4, -0.2) is 0 Å². The van der Waals surface area contributed by atoms with Gasteiger partial charge < -0.3 is 0 Å². The van der Waals surface area contributed by atoms with Gasteiger partial charge in [0.05, 0.1) is 0 Å². The van der Waals surface area contributed by atoms with Crippen LogP contribution in [-0.2, 0) is 5.41 Å². The molecule has 0 heteroatoms. The van der Waals surface area contributed by atoms with E-state index in [1.54, 1.807) is 24.0 Å². The molecule has 0 aliphatic heterocycles. The predicted octanol–water partition coefficient (Wildman–Crippen LogP) is 8.65. The average molecular weight is 439 g/mol. The van der Waals surface area contributed by atoms with Crippen LogP contribution in [0.2, 0.25) is 0 Å². The van der Waals surface area contributed by atoms with Crippen LogP contribution in [0, 0.1) is 47.3 Å². The Balaban J connectivity index is 1.41. The second-order valence-corrected chi connectivity index (χ2v) is 12.7. The van der Waals surface area contributed by atoms with Crippen LogP contribution in [0.3, 0.4) is 0 Å². The molecule has 0 amide bonds. The highest BCUT2D eigenvalue weighted by Gasteiger charge is 2.64. The topological polar surface area (TPSA) is 0 Å². The van der Waals surface area contributed by atoms with Gasteiger partial charge in [-0.25, -0.2) is 0 Å². The Labute approximate surface area is 201 Å². The molecular formula is C33H42. The van der Waals surface area contributed by atoms with Gasteiger partial charge in [-0.15, -0.1) is 0 Å². The molecular weight excluding hydrogens is 396 g/mol. The fourth-order valence-electron chi connectivity index (χ4n) is 10.6. The standard InChI is InChI=1S/C33H42/c1-3-15-27(16-4-1)33(28-17-5-2-6-18-28)31-21-25-13-9-7-11-23(25)19-29(31)30-20-24-12-8-10-14-26(24)22-32(30)33/h1-6,15-18,23-26,29-32H,7-14,19-22H2. The SMILES string of the molecule is c1ccc(C2(c3ccccc3)C3CC4CCCCC4CC3C3CC4CCCCC4CC32)cc1. The minimum Gasteiger partial charge on any atom is -0.0622 e. The third-order valence-corrected chi connectivity index (χ3v) is 11.7. The molecule has 0 bridgehead atoms. The molecule has 8 unspecified atom stereocenters. The fraction of sp³-hybridized carbons (Fsp3) is 0.636. The molecule has 33 heavy (non-hydrogen) atoms. The van der Waals surface area contributed by atoms with Gasteiger partial charge in [0.1, 0.15) is 0 Å². The van der Waals surface area contributed by atoms with Gasteiger partial charge in [0, 0.05) is 5.41 Å². The minimum absolute atomic E-state index is 0.239. The molecule has 0 nitrogen and oxygen atoms in total. The second-order valence-electron chi connectivity index (χ2n) is 12.7. The normalized spacial score (nSPS) is 41.3. The van der Waals surface area contributed by atoms with Crippen molar-refractivity contribution in [3.05, 3.63) is 71.8 Å². The average Bonchev–Trinajstić information content (AvgIpc) is 3.16. The zero-order chi connectivity index (χ0) is 21.8. The molecule has 5 aliphatic carbocycles. The van der Waals surface area contributed by atoms with Gasteiger partial charge in [-0.1, -0.05) is 112 Å². The summed E-state index contributed by atoms with van der Waals surface area (Å²) in [6.45, 7) is 0. The molecule has 0 saturated heterocycles. The summed E-state index contributed by atoms with van der Waals surface area (Å²) in [5.41, 5.74) is 3.55. The summed E-state index contributed by atoms with van der Waals surface area (Å²) in [5, 5.41) is 0. The van der Waals surface area contributed by atoms with E-state index in [-0.39, 0.29) is 5.41 Å². The van der Waals surface area contributed by atoms with Crippen molar-refractivity contribution in [1.82, 2.24) is 0 Å². The lowest BCUT2D eigenvalue weighted by molar-refractivity contribution is 0.0401. The summed E-state index contributed by atoms with van der Waals surface area (Å²) < 4.78 is 0. The maximum Gasteiger partial charge on any atom is 0.0264 e. The van der Waals surface area contributed by atoms with E-state index in [9.17, 15) is 0 Å². The maximum absolute atomic E-state index is 2.52. The summed E-state index contributed by atoms with van der Waals surface area (Å²) in [5.74, 6) is 7.66. The van der Waals surface area contributed by atoms with Crippen molar-refractivity contribution >= 4 is 0 Å².